The molecule has 1 fully saturated rings. The Morgan fingerprint density at radius 2 is 2.00 bits per heavy atom. The van der Waals surface area contributed by atoms with Gasteiger partial charge < -0.3 is 9.84 Å². The van der Waals surface area contributed by atoms with Crippen LogP contribution < -0.4 is 0 Å². The molecule has 0 bridgehead atoms. The molecule has 114 valence electrons. The summed E-state index contributed by atoms with van der Waals surface area (Å²) in [7, 11) is 1.31. The maximum atomic E-state index is 12.1. The normalized spacial score (nSPS) is 32.0. The molecule has 4 atom stereocenters. The van der Waals surface area contributed by atoms with Crippen molar-refractivity contribution in [2.75, 3.05) is 7.11 Å². The average molecular weight is 353 g/mol. The molecule has 2 rings (SSSR count). The number of rotatable bonds is 3. The van der Waals surface area contributed by atoms with Crippen molar-refractivity contribution in [2.24, 2.45) is 11.8 Å². The second-order valence-corrected chi connectivity index (χ2v) is 6.88. The molecular formula is C17H21BrO3. The number of halogens is 1. The summed E-state index contributed by atoms with van der Waals surface area (Å²) in [6.07, 6.45) is 0.361. The lowest BCUT2D eigenvalue weighted by molar-refractivity contribution is -0.165. The number of hydrogen-bond acceptors (Lipinski definition) is 3. The molecule has 0 aliphatic heterocycles. The monoisotopic (exact) mass is 352 g/mol. The molecule has 1 aromatic rings. The van der Waals surface area contributed by atoms with E-state index in [-0.39, 0.29) is 17.8 Å². The first-order chi connectivity index (χ1) is 9.81. The van der Waals surface area contributed by atoms with E-state index in [1.807, 2.05) is 31.2 Å². The van der Waals surface area contributed by atoms with Crippen LogP contribution in [-0.2, 0) is 9.53 Å². The van der Waals surface area contributed by atoms with E-state index in [0.717, 1.165) is 15.6 Å². The van der Waals surface area contributed by atoms with Crippen LogP contribution in [0.25, 0.3) is 0 Å². The zero-order valence-corrected chi connectivity index (χ0v) is 14.2. The van der Waals surface area contributed by atoms with E-state index in [0.29, 0.717) is 6.42 Å². The van der Waals surface area contributed by atoms with Gasteiger partial charge in [-0.2, -0.15) is 0 Å². The lowest BCUT2D eigenvalue weighted by Gasteiger charge is -2.29. The predicted molar refractivity (Wildman–Crippen MR) is 85.9 cm³/mol. The van der Waals surface area contributed by atoms with Crippen LogP contribution in [0.5, 0.6) is 0 Å². The minimum Gasteiger partial charge on any atom is -0.467 e. The molecule has 0 spiro atoms. The van der Waals surface area contributed by atoms with E-state index in [4.69, 9.17) is 4.74 Å². The fourth-order valence-electron chi connectivity index (χ4n) is 3.69. The molecular weight excluding hydrogens is 332 g/mol. The number of carbonyl (C=O) groups is 1. The van der Waals surface area contributed by atoms with Crippen molar-refractivity contribution in [2.45, 2.75) is 31.8 Å². The minimum atomic E-state index is -1.49. The van der Waals surface area contributed by atoms with Crippen LogP contribution in [0, 0.1) is 11.8 Å². The summed E-state index contributed by atoms with van der Waals surface area (Å²) in [4.78, 5) is 12.1. The van der Waals surface area contributed by atoms with Crippen LogP contribution in [0.2, 0.25) is 0 Å². The van der Waals surface area contributed by atoms with Gasteiger partial charge in [0.15, 0.2) is 5.60 Å². The first kappa shape index (κ1) is 16.2. The number of esters is 1. The quantitative estimate of drug-likeness (QED) is 0.666. The number of methoxy groups -OCH3 is 1. The van der Waals surface area contributed by atoms with Crippen LogP contribution in [0.1, 0.15) is 31.7 Å². The van der Waals surface area contributed by atoms with Crippen molar-refractivity contribution >= 4 is 21.9 Å². The van der Waals surface area contributed by atoms with Gasteiger partial charge in [0.2, 0.25) is 0 Å². The molecule has 0 amide bonds. The second-order valence-electron chi connectivity index (χ2n) is 5.96. The number of aliphatic hydroxyl groups is 1. The summed E-state index contributed by atoms with van der Waals surface area (Å²) in [5.74, 6) is -0.641. The fourth-order valence-corrected chi connectivity index (χ4v) is 3.95. The van der Waals surface area contributed by atoms with Gasteiger partial charge in [-0.05, 0) is 42.9 Å². The van der Waals surface area contributed by atoms with Crippen molar-refractivity contribution in [3.63, 3.8) is 0 Å². The molecule has 0 heterocycles. The van der Waals surface area contributed by atoms with E-state index in [2.05, 4.69) is 29.4 Å². The van der Waals surface area contributed by atoms with Crippen LogP contribution in [-0.4, -0.2) is 23.8 Å². The molecule has 0 radical (unpaired) electrons. The van der Waals surface area contributed by atoms with Crippen molar-refractivity contribution < 1.29 is 14.6 Å². The first-order valence-electron chi connectivity index (χ1n) is 7.03. The summed E-state index contributed by atoms with van der Waals surface area (Å²) >= 11 is 3.42. The molecule has 4 heteroatoms. The van der Waals surface area contributed by atoms with Gasteiger partial charge >= 0.3 is 5.97 Å². The van der Waals surface area contributed by atoms with Gasteiger partial charge in [-0.15, -0.1) is 0 Å². The molecule has 0 aromatic heterocycles. The van der Waals surface area contributed by atoms with E-state index in [9.17, 15) is 9.90 Å². The standard InChI is InChI=1S/C17H21BrO3/c1-10(2)15-11(3)14(9-17(15,20)16(19)21-4)12-5-7-13(18)8-6-12/h5-8,11,14-15,20H,1,9H2,2-4H3/t11-,14+,15+,17-/m0/s1. The van der Waals surface area contributed by atoms with Gasteiger partial charge in [0.1, 0.15) is 0 Å². The maximum Gasteiger partial charge on any atom is 0.338 e. The van der Waals surface area contributed by atoms with E-state index >= 15 is 0 Å². The molecule has 1 aromatic carbocycles. The summed E-state index contributed by atoms with van der Waals surface area (Å²) in [6, 6.07) is 8.02. The topological polar surface area (TPSA) is 46.5 Å². The fraction of sp³-hybridized carbons (Fsp3) is 0.471. The van der Waals surface area contributed by atoms with E-state index < -0.39 is 11.6 Å². The van der Waals surface area contributed by atoms with Gasteiger partial charge in [0.25, 0.3) is 0 Å². The second kappa shape index (κ2) is 5.93. The lowest BCUT2D eigenvalue weighted by Crippen LogP contribution is -2.44. The summed E-state index contributed by atoms with van der Waals surface area (Å²) in [6.45, 7) is 7.89. The van der Waals surface area contributed by atoms with E-state index in [1.165, 1.54) is 7.11 Å². The average Bonchev–Trinajstić information content (AvgIpc) is 2.71. The first-order valence-corrected chi connectivity index (χ1v) is 7.82. The Hall–Kier alpha value is -1.13. The molecule has 1 aliphatic carbocycles. The van der Waals surface area contributed by atoms with Gasteiger partial charge in [-0.1, -0.05) is 47.1 Å². The summed E-state index contributed by atoms with van der Waals surface area (Å²) in [5, 5.41) is 10.9. The number of benzene rings is 1. The van der Waals surface area contributed by atoms with Crippen LogP contribution in [0.4, 0.5) is 0 Å². The molecule has 21 heavy (non-hydrogen) atoms. The maximum absolute atomic E-state index is 12.1. The van der Waals surface area contributed by atoms with Gasteiger partial charge in [-0.25, -0.2) is 4.79 Å². The Labute approximate surface area is 134 Å². The SMILES string of the molecule is C=C(C)[C@@H]1[C@@H](C)[C@H](c2ccc(Br)cc2)C[C@@]1(O)C(=O)OC. The Balaban J connectivity index is 2.41. The molecule has 1 saturated carbocycles. The summed E-state index contributed by atoms with van der Waals surface area (Å²) < 4.78 is 5.84. The highest BCUT2D eigenvalue weighted by atomic mass is 79.9. The Morgan fingerprint density at radius 1 is 1.43 bits per heavy atom. The van der Waals surface area contributed by atoms with Gasteiger partial charge in [-0.3, -0.25) is 0 Å². The smallest absolute Gasteiger partial charge is 0.338 e. The number of hydrogen-bond donors (Lipinski definition) is 1. The highest BCUT2D eigenvalue weighted by Crippen LogP contribution is 2.52. The zero-order chi connectivity index (χ0) is 15.8. The van der Waals surface area contributed by atoms with Gasteiger partial charge in [0.05, 0.1) is 7.11 Å². The highest BCUT2D eigenvalue weighted by Gasteiger charge is 2.56. The highest BCUT2D eigenvalue weighted by molar-refractivity contribution is 9.10. The van der Waals surface area contributed by atoms with Crippen molar-refractivity contribution in [1.82, 2.24) is 0 Å². The third-order valence-corrected chi connectivity index (χ3v) is 5.10. The van der Waals surface area contributed by atoms with E-state index in [1.54, 1.807) is 0 Å². The zero-order valence-electron chi connectivity index (χ0n) is 12.6. The largest absolute Gasteiger partial charge is 0.467 e. The molecule has 1 N–H and O–H groups in total. The van der Waals surface area contributed by atoms with Crippen molar-refractivity contribution in [3.8, 4) is 0 Å². The minimum absolute atomic E-state index is 0.101. The number of ether oxygens (including phenoxy) is 1. The lowest BCUT2D eigenvalue weighted by atomic mass is 9.80. The molecule has 0 saturated heterocycles. The molecule has 3 nitrogen and oxygen atoms in total. The third-order valence-electron chi connectivity index (χ3n) is 4.57. The molecule has 1 aliphatic rings. The molecule has 0 unspecified atom stereocenters. The number of carbonyl (C=O) groups excluding carboxylic acids is 1. The van der Waals surface area contributed by atoms with Crippen LogP contribution in [0.15, 0.2) is 40.9 Å². The Morgan fingerprint density at radius 3 is 2.48 bits per heavy atom. The Kier molecular flexibility index (Phi) is 4.59. The van der Waals surface area contributed by atoms with Crippen molar-refractivity contribution in [1.29, 1.82) is 0 Å². The van der Waals surface area contributed by atoms with Crippen LogP contribution in [0.3, 0.4) is 0 Å². The summed E-state index contributed by atoms with van der Waals surface area (Å²) in [5.41, 5.74) is 0.448. The third kappa shape index (κ3) is 2.79. The van der Waals surface area contributed by atoms with Crippen molar-refractivity contribution in [3.05, 3.63) is 46.5 Å². The van der Waals surface area contributed by atoms with Gasteiger partial charge in [0, 0.05) is 10.4 Å². The Bertz CT molecular complexity index is 552. The van der Waals surface area contributed by atoms with Crippen LogP contribution >= 0.6 is 15.9 Å². The predicted octanol–water partition coefficient (Wildman–Crippen LogP) is 3.67.